The lowest BCUT2D eigenvalue weighted by atomic mass is 10.3. The molecule has 59 heavy (non-hydrogen) atoms. The van der Waals surface area contributed by atoms with Crippen LogP contribution in [-0.2, 0) is 42.9 Å². The van der Waals surface area contributed by atoms with Crippen LogP contribution in [0.25, 0.3) is 0 Å². The molecule has 0 aliphatic rings. The Morgan fingerprint density at radius 1 is 0.542 bits per heavy atom. The number of hydrogen-bond donors (Lipinski definition) is 6. The Bertz CT molecular complexity index is 2340. The van der Waals surface area contributed by atoms with E-state index in [0.29, 0.717) is 11.4 Å². The Morgan fingerprint density at radius 3 is 1.03 bits per heavy atom. The van der Waals surface area contributed by atoms with Crippen LogP contribution in [0.3, 0.4) is 0 Å². The second-order valence-electron chi connectivity index (χ2n) is 9.57. The average molecular weight is 952 g/mol. The number of carbonyl (C=O) groups is 1. The maximum atomic E-state index is 11.2. The number of amides is 1. The van der Waals surface area contributed by atoms with Crippen LogP contribution in [0.1, 0.15) is 21.8 Å². The molecular formula is C32H48Cl2N8O13S4. The highest BCUT2D eigenvalue weighted by Gasteiger charge is 2.14. The number of sulfonamides is 2. The van der Waals surface area contributed by atoms with Crippen molar-refractivity contribution in [3.8, 4) is 0 Å². The van der Waals surface area contributed by atoms with Gasteiger partial charge in [0.15, 0.2) is 0 Å². The number of nitro groups is 2. The maximum absolute atomic E-state index is 11.2. The van der Waals surface area contributed by atoms with Gasteiger partial charge in [0, 0.05) is 63.9 Å². The molecule has 0 saturated carbocycles. The third-order valence-corrected chi connectivity index (χ3v) is 11.5. The van der Waals surface area contributed by atoms with Gasteiger partial charge in [-0.05, 0) is 101 Å². The fourth-order valence-corrected chi connectivity index (χ4v) is 6.26. The zero-order valence-corrected chi connectivity index (χ0v) is 35.3. The molecule has 0 fully saturated rings. The number of nitro benzene ring substituents is 2. The molecule has 4 aromatic carbocycles. The highest BCUT2D eigenvalue weighted by Crippen LogP contribution is 2.19. The van der Waals surface area contributed by atoms with E-state index in [1.165, 1.54) is 83.6 Å². The average Bonchev–Trinajstić information content (AvgIpc) is 3.16. The van der Waals surface area contributed by atoms with Crippen molar-refractivity contribution in [3.63, 3.8) is 0 Å². The van der Waals surface area contributed by atoms with Crippen LogP contribution < -0.4 is 32.0 Å². The Kier molecular flexibility index (Phi) is 29.5. The van der Waals surface area contributed by atoms with Crippen molar-refractivity contribution in [3.05, 3.63) is 117 Å². The maximum Gasteiger partial charge on any atom is 0.269 e. The number of non-ortho nitro benzene ring substituents is 2. The number of nitrogens with one attached hydrogen (secondary N) is 3. The van der Waals surface area contributed by atoms with Gasteiger partial charge in [-0.25, -0.2) is 43.1 Å². The molecule has 21 nitrogen and oxygen atoms in total. The second kappa shape index (κ2) is 28.6. The summed E-state index contributed by atoms with van der Waals surface area (Å²) in [5.41, 5.74) is 15.2. The first-order valence-electron chi connectivity index (χ1n) is 15.0. The minimum absolute atomic E-state index is 0. The van der Waals surface area contributed by atoms with E-state index in [2.05, 4.69) is 26.2 Å². The predicted molar refractivity (Wildman–Crippen MR) is 230 cm³/mol. The van der Waals surface area contributed by atoms with E-state index >= 15 is 0 Å². The minimum atomic E-state index is -3.80. The SMILES string of the molecule is C.C.CC(=O)Nc1ccc(S(=O)(=O)Cl)cc1.CN.CN.CNS(=O)(=O)c1ccc(N)cc1.CNS(=O)(=O)c1ccc([N+](=O)[O-])cc1.O=[N+]([O-])c1ccc(S(=O)(=O)Cl)cc1. The second-order valence-corrected chi connectivity index (χ2v) is 18.5. The molecule has 0 spiro atoms. The van der Waals surface area contributed by atoms with Crippen molar-refractivity contribution in [1.29, 1.82) is 0 Å². The molecule has 332 valence electrons. The topological polar surface area (TPSA) is 354 Å². The highest BCUT2D eigenvalue weighted by atomic mass is 35.7. The van der Waals surface area contributed by atoms with E-state index in [-0.39, 0.29) is 51.7 Å². The van der Waals surface area contributed by atoms with E-state index in [0.717, 1.165) is 36.4 Å². The predicted octanol–water partition coefficient (Wildman–Crippen LogP) is 4.20. The first-order valence-corrected chi connectivity index (χ1v) is 22.6. The van der Waals surface area contributed by atoms with Crippen molar-refractivity contribution >= 4 is 88.2 Å². The van der Waals surface area contributed by atoms with Gasteiger partial charge in [0.2, 0.25) is 26.0 Å². The molecule has 1 amide bonds. The van der Waals surface area contributed by atoms with Crippen LogP contribution in [0.15, 0.2) is 117 Å². The summed E-state index contributed by atoms with van der Waals surface area (Å²) < 4.78 is 92.1. The normalized spacial score (nSPS) is 10.3. The molecule has 0 aliphatic heterocycles. The molecule has 0 aliphatic carbocycles. The number of benzene rings is 4. The lowest BCUT2D eigenvalue weighted by Gasteiger charge is -2.01. The van der Waals surface area contributed by atoms with Crippen molar-refractivity contribution in [2.24, 2.45) is 11.5 Å². The highest BCUT2D eigenvalue weighted by molar-refractivity contribution is 8.14. The molecule has 4 rings (SSSR count). The molecule has 9 N–H and O–H groups in total. The molecule has 0 bridgehead atoms. The van der Waals surface area contributed by atoms with E-state index < -0.39 is 48.0 Å². The van der Waals surface area contributed by atoms with Crippen LogP contribution in [0.2, 0.25) is 0 Å². The number of hydrogen-bond acceptors (Lipinski definition) is 16. The van der Waals surface area contributed by atoms with Crippen LogP contribution in [-0.4, -0.2) is 77.6 Å². The van der Waals surface area contributed by atoms with Crippen molar-refractivity contribution in [1.82, 2.24) is 9.44 Å². The smallest absolute Gasteiger partial charge is 0.269 e. The number of nitrogens with two attached hydrogens (primary N) is 3. The van der Waals surface area contributed by atoms with Gasteiger partial charge < -0.3 is 22.5 Å². The number of halogens is 2. The third-order valence-electron chi connectivity index (χ3n) is 5.87. The summed E-state index contributed by atoms with van der Waals surface area (Å²) in [6.07, 6.45) is 0. The van der Waals surface area contributed by atoms with Crippen molar-refractivity contribution in [2.45, 2.75) is 41.4 Å². The summed E-state index contributed by atoms with van der Waals surface area (Å²) >= 11 is 0. The summed E-state index contributed by atoms with van der Waals surface area (Å²) in [6, 6.07) is 20.6. The molecule has 0 heterocycles. The summed E-state index contributed by atoms with van der Waals surface area (Å²) in [5.74, 6) is -0.216. The van der Waals surface area contributed by atoms with Gasteiger partial charge in [-0.15, -0.1) is 0 Å². The Labute approximate surface area is 353 Å². The van der Waals surface area contributed by atoms with E-state index in [9.17, 15) is 58.7 Å². The fraction of sp³-hybridized carbons (Fsp3) is 0.219. The summed E-state index contributed by atoms with van der Waals surface area (Å²) in [5, 5.41) is 23.0. The first kappa shape index (κ1) is 60.8. The molecule has 0 aromatic heterocycles. The van der Waals surface area contributed by atoms with Crippen LogP contribution >= 0.6 is 21.4 Å². The molecule has 0 atom stereocenters. The van der Waals surface area contributed by atoms with Gasteiger partial charge >= 0.3 is 0 Å². The van der Waals surface area contributed by atoms with Gasteiger partial charge in [-0.2, -0.15) is 0 Å². The molecule has 27 heteroatoms. The van der Waals surface area contributed by atoms with E-state index in [1.54, 1.807) is 12.1 Å². The first-order chi connectivity index (χ1) is 26.3. The number of carbonyl (C=O) groups excluding carboxylic acids is 1. The van der Waals surface area contributed by atoms with Gasteiger partial charge in [-0.3, -0.25) is 25.0 Å². The molecule has 0 saturated heterocycles. The molecular weight excluding hydrogens is 904 g/mol. The summed E-state index contributed by atoms with van der Waals surface area (Å²) in [7, 11) is 1.42. The lowest BCUT2D eigenvalue weighted by Crippen LogP contribution is -2.18. The molecule has 4 aromatic rings. The molecule has 0 unspecified atom stereocenters. The van der Waals surface area contributed by atoms with Crippen molar-refractivity contribution < 1.29 is 48.3 Å². The standard InChI is InChI=1S/C8H8ClNO3S.C7H8N2O4S.C7H10N2O2S.C6H4ClNO4S.2CH5N.2CH4/c1-6(11)10-7-2-4-8(5-3-7)14(9,12)13;1-8-14(12,13)7-4-2-6(3-5-7)9(10)11;1-9-12(10,11)7-4-2-6(8)3-5-7;7-13(11,12)6-3-1-5(2-4-6)8(9)10;2*1-2;;/h2-5H,1H3,(H,10,11);2-5,8H,1H3;2-5,9H,8H2,1H3;1-4H;2*2H2,1H3;2*1H4. The summed E-state index contributed by atoms with van der Waals surface area (Å²) in [4.78, 5) is 30.0. The quantitative estimate of drug-likeness (QED) is 0.0592. The van der Waals surface area contributed by atoms with Gasteiger partial charge in [-0.1, -0.05) is 14.9 Å². The number of nitrogen functional groups attached to an aromatic ring is 1. The van der Waals surface area contributed by atoms with Gasteiger partial charge in [0.05, 0.1) is 29.4 Å². The lowest BCUT2D eigenvalue weighted by molar-refractivity contribution is -0.385. The monoisotopic (exact) mass is 950 g/mol. The Morgan fingerprint density at radius 2 is 0.797 bits per heavy atom. The largest absolute Gasteiger partial charge is 0.399 e. The number of anilines is 2. The van der Waals surface area contributed by atoms with Crippen LogP contribution in [0.5, 0.6) is 0 Å². The fourth-order valence-electron chi connectivity index (χ4n) is 3.26. The van der Waals surface area contributed by atoms with Gasteiger partial charge in [0.1, 0.15) is 0 Å². The van der Waals surface area contributed by atoms with E-state index in [1.807, 2.05) is 0 Å². The Hall–Kier alpha value is -4.83. The van der Waals surface area contributed by atoms with Gasteiger partial charge in [0.25, 0.3) is 29.5 Å². The van der Waals surface area contributed by atoms with E-state index in [4.69, 9.17) is 27.1 Å². The zero-order valence-electron chi connectivity index (χ0n) is 30.6. The molecule has 0 radical (unpaired) electrons. The third kappa shape index (κ3) is 23.4. The summed E-state index contributed by atoms with van der Waals surface area (Å²) in [6.45, 7) is 1.37. The minimum Gasteiger partial charge on any atom is -0.399 e. The Balaban J connectivity index is -0.000000329. The van der Waals surface area contributed by atoms with Crippen molar-refractivity contribution in [2.75, 3.05) is 39.2 Å². The number of rotatable bonds is 9. The number of nitrogens with zero attached hydrogens (tertiary/aromatic N) is 2. The van der Waals surface area contributed by atoms with Crippen LogP contribution in [0.4, 0.5) is 22.7 Å². The zero-order chi connectivity index (χ0) is 44.8. The van der Waals surface area contributed by atoms with Crippen LogP contribution in [0, 0.1) is 20.2 Å².